The van der Waals surface area contributed by atoms with Gasteiger partial charge in [0.1, 0.15) is 5.76 Å². The van der Waals surface area contributed by atoms with Crippen molar-refractivity contribution in [1.29, 1.82) is 0 Å². The maximum absolute atomic E-state index is 5.01. The fourth-order valence-corrected chi connectivity index (χ4v) is 0.543. The Morgan fingerprint density at radius 1 is 1.50 bits per heavy atom. The lowest BCUT2D eigenvalue weighted by atomic mass is 10.2. The molecule has 0 aliphatic heterocycles. The number of ether oxygens (including phenoxy) is 1. The van der Waals surface area contributed by atoms with Gasteiger partial charge >= 0.3 is 0 Å². The van der Waals surface area contributed by atoms with Gasteiger partial charge in [-0.2, -0.15) is 0 Å². The summed E-state index contributed by atoms with van der Waals surface area (Å²) in [7, 11) is 1.65. The van der Waals surface area contributed by atoms with Crippen molar-refractivity contribution >= 4 is 0 Å². The normalized spacial score (nSPS) is 13.1. The predicted octanol–water partition coefficient (Wildman–Crippen LogP) is 2.67. The highest BCUT2D eigenvalue weighted by atomic mass is 16.5. The SMILES string of the molecule is C=C/C(C)=C\C(=C/C)OC. The van der Waals surface area contributed by atoms with Gasteiger partial charge in [0.25, 0.3) is 0 Å². The molecule has 0 radical (unpaired) electrons. The predicted molar refractivity (Wildman–Crippen MR) is 44.7 cm³/mol. The first-order valence-electron chi connectivity index (χ1n) is 3.25. The zero-order valence-corrected chi connectivity index (χ0v) is 6.85. The minimum Gasteiger partial charge on any atom is -0.497 e. The van der Waals surface area contributed by atoms with E-state index in [0.717, 1.165) is 11.3 Å². The zero-order valence-electron chi connectivity index (χ0n) is 6.85. The molecule has 0 amide bonds. The van der Waals surface area contributed by atoms with Crippen LogP contribution in [0.4, 0.5) is 0 Å². The Hall–Kier alpha value is -0.980. The molecule has 0 aliphatic carbocycles. The van der Waals surface area contributed by atoms with Gasteiger partial charge in [0.2, 0.25) is 0 Å². The van der Waals surface area contributed by atoms with Crippen LogP contribution in [0.25, 0.3) is 0 Å². The molecule has 0 aliphatic rings. The van der Waals surface area contributed by atoms with Gasteiger partial charge in [-0.15, -0.1) is 0 Å². The summed E-state index contributed by atoms with van der Waals surface area (Å²) in [6.45, 7) is 7.55. The van der Waals surface area contributed by atoms with Crippen LogP contribution in [-0.2, 0) is 4.74 Å². The number of hydrogen-bond acceptors (Lipinski definition) is 1. The molecule has 1 heteroatoms. The Balaban J connectivity index is 4.22. The third kappa shape index (κ3) is 3.13. The van der Waals surface area contributed by atoms with E-state index in [-0.39, 0.29) is 0 Å². The lowest BCUT2D eigenvalue weighted by Gasteiger charge is -1.98. The largest absolute Gasteiger partial charge is 0.497 e. The van der Waals surface area contributed by atoms with Crippen molar-refractivity contribution in [2.24, 2.45) is 0 Å². The number of hydrogen-bond donors (Lipinski definition) is 0. The van der Waals surface area contributed by atoms with Crippen molar-refractivity contribution < 1.29 is 4.74 Å². The summed E-state index contributed by atoms with van der Waals surface area (Å²) in [5, 5.41) is 0. The van der Waals surface area contributed by atoms with E-state index >= 15 is 0 Å². The first-order chi connectivity index (χ1) is 4.74. The van der Waals surface area contributed by atoms with Gasteiger partial charge in [-0.3, -0.25) is 0 Å². The summed E-state index contributed by atoms with van der Waals surface area (Å²) < 4.78 is 5.01. The third-order valence-electron chi connectivity index (χ3n) is 1.21. The van der Waals surface area contributed by atoms with E-state index in [4.69, 9.17) is 4.74 Å². The lowest BCUT2D eigenvalue weighted by molar-refractivity contribution is 0.306. The Kier molecular flexibility index (Phi) is 4.38. The first kappa shape index (κ1) is 9.02. The number of allylic oxidation sites excluding steroid dienone is 4. The number of rotatable bonds is 3. The molecule has 0 heterocycles. The van der Waals surface area contributed by atoms with Crippen molar-refractivity contribution in [2.75, 3.05) is 7.11 Å². The van der Waals surface area contributed by atoms with Crippen LogP contribution in [0, 0.1) is 0 Å². The van der Waals surface area contributed by atoms with Crippen molar-refractivity contribution in [3.05, 3.63) is 36.1 Å². The molecule has 0 aromatic rings. The molecule has 0 aromatic heterocycles. The molecule has 0 rings (SSSR count). The molecular formula is C9H14O. The average molecular weight is 138 g/mol. The first-order valence-corrected chi connectivity index (χ1v) is 3.25. The van der Waals surface area contributed by atoms with Gasteiger partial charge in [0, 0.05) is 0 Å². The number of methoxy groups -OCH3 is 1. The highest BCUT2D eigenvalue weighted by Crippen LogP contribution is 2.02. The molecule has 0 N–H and O–H groups in total. The van der Waals surface area contributed by atoms with E-state index in [2.05, 4.69) is 6.58 Å². The molecule has 10 heavy (non-hydrogen) atoms. The zero-order chi connectivity index (χ0) is 7.98. The van der Waals surface area contributed by atoms with Crippen LogP contribution < -0.4 is 0 Å². The molecule has 1 nitrogen and oxygen atoms in total. The van der Waals surface area contributed by atoms with E-state index in [0.29, 0.717) is 0 Å². The monoisotopic (exact) mass is 138 g/mol. The maximum atomic E-state index is 5.01. The van der Waals surface area contributed by atoms with E-state index in [1.807, 2.05) is 26.0 Å². The fraction of sp³-hybridized carbons (Fsp3) is 0.333. The highest BCUT2D eigenvalue weighted by molar-refractivity contribution is 5.23. The molecule has 0 unspecified atom stereocenters. The van der Waals surface area contributed by atoms with Crippen LogP contribution in [0.15, 0.2) is 36.1 Å². The molecule has 0 aromatic carbocycles. The Bertz CT molecular complexity index is 164. The summed E-state index contributed by atoms with van der Waals surface area (Å²) in [4.78, 5) is 0. The molecule has 0 atom stereocenters. The Morgan fingerprint density at radius 2 is 2.10 bits per heavy atom. The van der Waals surface area contributed by atoms with Gasteiger partial charge in [0.05, 0.1) is 7.11 Å². The van der Waals surface area contributed by atoms with Crippen molar-refractivity contribution in [1.82, 2.24) is 0 Å². The molecule has 0 saturated heterocycles. The second kappa shape index (κ2) is 4.86. The van der Waals surface area contributed by atoms with E-state index in [1.54, 1.807) is 13.2 Å². The van der Waals surface area contributed by atoms with Gasteiger partial charge in [-0.25, -0.2) is 0 Å². The summed E-state index contributed by atoms with van der Waals surface area (Å²) in [6, 6.07) is 0. The van der Waals surface area contributed by atoms with Crippen LogP contribution >= 0.6 is 0 Å². The minimum atomic E-state index is 0.873. The minimum absolute atomic E-state index is 0.873. The second-order valence-corrected chi connectivity index (χ2v) is 1.99. The van der Waals surface area contributed by atoms with Crippen molar-refractivity contribution in [3.63, 3.8) is 0 Å². The highest BCUT2D eigenvalue weighted by Gasteiger charge is 1.86. The summed E-state index contributed by atoms with van der Waals surface area (Å²) in [5.41, 5.74) is 1.11. The summed E-state index contributed by atoms with van der Waals surface area (Å²) >= 11 is 0. The van der Waals surface area contributed by atoms with Crippen LogP contribution in [-0.4, -0.2) is 7.11 Å². The van der Waals surface area contributed by atoms with E-state index < -0.39 is 0 Å². The fourth-order valence-electron chi connectivity index (χ4n) is 0.543. The standard InChI is InChI=1S/C9H14O/c1-5-8(3)7-9(6-2)10-4/h5-7H,1H2,2-4H3/b8-7-,9-6+. The van der Waals surface area contributed by atoms with Crippen LogP contribution in [0.5, 0.6) is 0 Å². The summed E-state index contributed by atoms with van der Waals surface area (Å²) in [5.74, 6) is 0.873. The lowest BCUT2D eigenvalue weighted by Crippen LogP contribution is -1.81. The Morgan fingerprint density at radius 3 is 2.40 bits per heavy atom. The van der Waals surface area contributed by atoms with Gasteiger partial charge in [-0.05, 0) is 31.6 Å². The third-order valence-corrected chi connectivity index (χ3v) is 1.21. The van der Waals surface area contributed by atoms with Crippen LogP contribution in [0.1, 0.15) is 13.8 Å². The van der Waals surface area contributed by atoms with E-state index in [9.17, 15) is 0 Å². The van der Waals surface area contributed by atoms with Crippen molar-refractivity contribution in [2.45, 2.75) is 13.8 Å². The summed E-state index contributed by atoms with van der Waals surface area (Å²) in [6.07, 6.45) is 5.64. The Labute approximate surface area is 62.7 Å². The van der Waals surface area contributed by atoms with Crippen molar-refractivity contribution in [3.8, 4) is 0 Å². The van der Waals surface area contributed by atoms with E-state index in [1.165, 1.54) is 0 Å². The molecule has 0 bridgehead atoms. The van der Waals surface area contributed by atoms with Gasteiger partial charge in [-0.1, -0.05) is 12.7 Å². The average Bonchev–Trinajstić information content (AvgIpc) is 1.99. The maximum Gasteiger partial charge on any atom is 0.114 e. The molecule has 0 saturated carbocycles. The van der Waals surface area contributed by atoms with Gasteiger partial charge in [0.15, 0.2) is 0 Å². The molecule has 0 spiro atoms. The second-order valence-electron chi connectivity index (χ2n) is 1.99. The quantitative estimate of drug-likeness (QED) is 0.430. The molecular weight excluding hydrogens is 124 g/mol. The molecule has 56 valence electrons. The van der Waals surface area contributed by atoms with Crippen LogP contribution in [0.2, 0.25) is 0 Å². The molecule has 0 fully saturated rings. The van der Waals surface area contributed by atoms with Gasteiger partial charge < -0.3 is 4.74 Å². The van der Waals surface area contributed by atoms with Crippen LogP contribution in [0.3, 0.4) is 0 Å². The smallest absolute Gasteiger partial charge is 0.114 e. The topological polar surface area (TPSA) is 9.23 Å².